The van der Waals surface area contributed by atoms with Gasteiger partial charge in [0, 0.05) is 31.6 Å². The SMILES string of the molecule is CC(C)Oc1cccc(CN2C[C@@H](N)[C@H](c3ccccc3)C2)c1.Cl. The van der Waals surface area contributed by atoms with Crippen molar-refractivity contribution >= 4 is 12.4 Å². The lowest BCUT2D eigenvalue weighted by atomic mass is 9.95. The fourth-order valence-corrected chi connectivity index (χ4v) is 3.34. The van der Waals surface area contributed by atoms with Gasteiger partial charge in [0.05, 0.1) is 6.10 Å². The van der Waals surface area contributed by atoms with Crippen molar-refractivity contribution in [1.29, 1.82) is 0 Å². The molecule has 2 N–H and O–H groups in total. The van der Waals surface area contributed by atoms with Crippen LogP contribution in [0.5, 0.6) is 5.75 Å². The molecule has 1 aliphatic heterocycles. The number of nitrogens with two attached hydrogens (primary N) is 1. The molecular formula is C20H27ClN2O. The van der Waals surface area contributed by atoms with Crippen LogP contribution in [0.15, 0.2) is 54.6 Å². The third kappa shape index (κ3) is 4.73. The average molecular weight is 347 g/mol. The van der Waals surface area contributed by atoms with Gasteiger partial charge in [-0.25, -0.2) is 0 Å². The van der Waals surface area contributed by atoms with E-state index >= 15 is 0 Å². The van der Waals surface area contributed by atoms with E-state index in [1.54, 1.807) is 0 Å². The molecule has 0 bridgehead atoms. The minimum Gasteiger partial charge on any atom is -0.491 e. The highest BCUT2D eigenvalue weighted by molar-refractivity contribution is 5.85. The van der Waals surface area contributed by atoms with E-state index in [0.29, 0.717) is 5.92 Å². The highest BCUT2D eigenvalue weighted by Gasteiger charge is 2.30. The number of hydrogen-bond donors (Lipinski definition) is 1. The summed E-state index contributed by atoms with van der Waals surface area (Å²) < 4.78 is 5.79. The number of hydrogen-bond acceptors (Lipinski definition) is 3. The van der Waals surface area contributed by atoms with Crippen LogP contribution in [0.3, 0.4) is 0 Å². The Bertz CT molecular complexity index is 633. The molecule has 0 saturated carbocycles. The fraction of sp³-hybridized carbons (Fsp3) is 0.400. The molecule has 1 aliphatic rings. The molecule has 130 valence electrons. The summed E-state index contributed by atoms with van der Waals surface area (Å²) in [6.07, 6.45) is 0.202. The van der Waals surface area contributed by atoms with Gasteiger partial charge in [-0.15, -0.1) is 12.4 Å². The topological polar surface area (TPSA) is 38.5 Å². The van der Waals surface area contributed by atoms with Gasteiger partial charge in [-0.3, -0.25) is 4.90 Å². The lowest BCUT2D eigenvalue weighted by Gasteiger charge is -2.17. The quantitative estimate of drug-likeness (QED) is 0.894. The van der Waals surface area contributed by atoms with Gasteiger partial charge in [-0.1, -0.05) is 42.5 Å². The van der Waals surface area contributed by atoms with Gasteiger partial charge in [0.2, 0.25) is 0 Å². The molecule has 3 nitrogen and oxygen atoms in total. The second kappa shape index (κ2) is 8.52. The molecule has 0 aromatic heterocycles. The molecule has 0 spiro atoms. The summed E-state index contributed by atoms with van der Waals surface area (Å²) in [6, 6.07) is 19.2. The summed E-state index contributed by atoms with van der Waals surface area (Å²) >= 11 is 0. The third-order valence-electron chi connectivity index (χ3n) is 4.34. The van der Waals surface area contributed by atoms with Crippen molar-refractivity contribution in [3.05, 3.63) is 65.7 Å². The van der Waals surface area contributed by atoms with Crippen LogP contribution < -0.4 is 10.5 Å². The highest BCUT2D eigenvalue weighted by atomic mass is 35.5. The fourth-order valence-electron chi connectivity index (χ4n) is 3.34. The van der Waals surface area contributed by atoms with Crippen LogP contribution in [0.1, 0.15) is 30.9 Å². The van der Waals surface area contributed by atoms with Crippen molar-refractivity contribution in [2.45, 2.75) is 38.5 Å². The Kier molecular flexibility index (Phi) is 6.67. The molecule has 2 aromatic rings. The van der Waals surface area contributed by atoms with Crippen LogP contribution in [0.4, 0.5) is 0 Å². The number of halogens is 1. The van der Waals surface area contributed by atoms with Crippen molar-refractivity contribution in [3.8, 4) is 5.75 Å². The molecule has 1 saturated heterocycles. The first-order valence-electron chi connectivity index (χ1n) is 8.40. The summed E-state index contributed by atoms with van der Waals surface area (Å²) in [5, 5.41) is 0. The van der Waals surface area contributed by atoms with Crippen molar-refractivity contribution in [2.75, 3.05) is 13.1 Å². The lowest BCUT2D eigenvalue weighted by molar-refractivity contribution is 0.241. The third-order valence-corrected chi connectivity index (χ3v) is 4.34. The van der Waals surface area contributed by atoms with Crippen LogP contribution in [0, 0.1) is 0 Å². The zero-order valence-electron chi connectivity index (χ0n) is 14.4. The standard InChI is InChI=1S/C20H26N2O.ClH/c1-15(2)23-18-10-6-7-16(11-18)12-22-13-19(20(21)14-22)17-8-4-3-5-9-17;/h3-11,15,19-20H,12-14,21H2,1-2H3;1H/t19-,20+;/m0./s1. The summed E-state index contributed by atoms with van der Waals surface area (Å²) in [5.74, 6) is 1.37. The second-order valence-corrected chi connectivity index (χ2v) is 6.69. The number of ether oxygens (including phenoxy) is 1. The molecule has 1 fully saturated rings. The summed E-state index contributed by atoms with van der Waals surface area (Å²) in [6.45, 7) is 6.98. The monoisotopic (exact) mass is 346 g/mol. The predicted octanol–water partition coefficient (Wildman–Crippen LogP) is 3.82. The molecule has 0 unspecified atom stereocenters. The van der Waals surface area contributed by atoms with E-state index in [2.05, 4.69) is 67.3 Å². The maximum Gasteiger partial charge on any atom is 0.120 e. The Balaban J connectivity index is 0.00000208. The maximum atomic E-state index is 6.38. The van der Waals surface area contributed by atoms with Crippen LogP contribution in [0.25, 0.3) is 0 Å². The van der Waals surface area contributed by atoms with E-state index in [4.69, 9.17) is 10.5 Å². The maximum absolute atomic E-state index is 6.38. The zero-order chi connectivity index (χ0) is 16.2. The first-order chi connectivity index (χ1) is 11.1. The van der Waals surface area contributed by atoms with Gasteiger partial charge in [-0.2, -0.15) is 0 Å². The molecule has 3 rings (SSSR count). The van der Waals surface area contributed by atoms with Crippen LogP contribution >= 0.6 is 12.4 Å². The first-order valence-corrected chi connectivity index (χ1v) is 8.40. The van der Waals surface area contributed by atoms with E-state index in [1.807, 2.05) is 6.07 Å². The van der Waals surface area contributed by atoms with E-state index in [1.165, 1.54) is 11.1 Å². The lowest BCUT2D eigenvalue weighted by Crippen LogP contribution is -2.28. The molecule has 2 aromatic carbocycles. The number of benzene rings is 2. The second-order valence-electron chi connectivity index (χ2n) is 6.69. The minimum atomic E-state index is 0. The van der Waals surface area contributed by atoms with Crippen LogP contribution in [-0.4, -0.2) is 30.1 Å². The first kappa shape index (κ1) is 18.8. The largest absolute Gasteiger partial charge is 0.491 e. The Labute approximate surface area is 151 Å². The molecule has 0 radical (unpaired) electrons. The van der Waals surface area contributed by atoms with Gasteiger partial charge in [0.25, 0.3) is 0 Å². The van der Waals surface area contributed by atoms with E-state index < -0.39 is 0 Å². The summed E-state index contributed by atoms with van der Waals surface area (Å²) in [5.41, 5.74) is 9.01. The molecule has 0 amide bonds. The molecule has 2 atom stereocenters. The van der Waals surface area contributed by atoms with E-state index in [0.717, 1.165) is 25.4 Å². The summed E-state index contributed by atoms with van der Waals surface area (Å²) in [7, 11) is 0. The smallest absolute Gasteiger partial charge is 0.120 e. The predicted molar refractivity (Wildman–Crippen MR) is 102 cm³/mol. The van der Waals surface area contributed by atoms with Crippen molar-refractivity contribution in [1.82, 2.24) is 4.90 Å². The number of likely N-dealkylation sites (tertiary alicyclic amines) is 1. The van der Waals surface area contributed by atoms with E-state index in [-0.39, 0.29) is 24.6 Å². The highest BCUT2D eigenvalue weighted by Crippen LogP contribution is 2.28. The Morgan fingerprint density at radius 2 is 1.83 bits per heavy atom. The normalized spacial score (nSPS) is 20.8. The zero-order valence-corrected chi connectivity index (χ0v) is 15.2. The molecular weight excluding hydrogens is 320 g/mol. The number of nitrogens with zero attached hydrogens (tertiary/aromatic N) is 1. The van der Waals surface area contributed by atoms with Crippen molar-refractivity contribution in [2.24, 2.45) is 5.73 Å². The van der Waals surface area contributed by atoms with Crippen LogP contribution in [-0.2, 0) is 6.54 Å². The summed E-state index contributed by atoms with van der Waals surface area (Å²) in [4.78, 5) is 2.44. The average Bonchev–Trinajstić information content (AvgIpc) is 2.88. The van der Waals surface area contributed by atoms with Crippen molar-refractivity contribution in [3.63, 3.8) is 0 Å². The van der Waals surface area contributed by atoms with Crippen LogP contribution in [0.2, 0.25) is 0 Å². The Hall–Kier alpha value is -1.55. The van der Waals surface area contributed by atoms with E-state index in [9.17, 15) is 0 Å². The molecule has 0 aliphatic carbocycles. The number of rotatable bonds is 5. The molecule has 1 heterocycles. The Morgan fingerprint density at radius 1 is 1.08 bits per heavy atom. The van der Waals surface area contributed by atoms with Gasteiger partial charge < -0.3 is 10.5 Å². The minimum absolute atomic E-state index is 0. The van der Waals surface area contributed by atoms with Gasteiger partial charge in [-0.05, 0) is 37.1 Å². The van der Waals surface area contributed by atoms with Gasteiger partial charge in [0.1, 0.15) is 5.75 Å². The molecule has 4 heteroatoms. The Morgan fingerprint density at radius 3 is 2.54 bits per heavy atom. The van der Waals surface area contributed by atoms with Crippen molar-refractivity contribution < 1.29 is 4.74 Å². The molecule has 24 heavy (non-hydrogen) atoms. The van der Waals surface area contributed by atoms with Gasteiger partial charge >= 0.3 is 0 Å². The van der Waals surface area contributed by atoms with Gasteiger partial charge in [0.15, 0.2) is 0 Å².